The Kier molecular flexibility index (Phi) is 1.32. The van der Waals surface area contributed by atoms with Gasteiger partial charge in [-0.1, -0.05) is 18.2 Å². The van der Waals surface area contributed by atoms with Crippen LogP contribution in [0.4, 0.5) is 0 Å². The SMILES string of the molecule is [O]c1cccc2c1OCC=C2. The second kappa shape index (κ2) is 2.31. The maximum absolute atomic E-state index is 11.1. The van der Waals surface area contributed by atoms with Crippen LogP contribution in [0.3, 0.4) is 0 Å². The van der Waals surface area contributed by atoms with E-state index in [0.29, 0.717) is 12.4 Å². The molecule has 0 aromatic heterocycles. The van der Waals surface area contributed by atoms with Gasteiger partial charge in [0.05, 0.1) is 0 Å². The zero-order chi connectivity index (χ0) is 7.68. The first kappa shape index (κ1) is 6.28. The van der Waals surface area contributed by atoms with Crippen molar-refractivity contribution in [3.8, 4) is 11.5 Å². The van der Waals surface area contributed by atoms with Gasteiger partial charge in [0.25, 0.3) is 0 Å². The van der Waals surface area contributed by atoms with Gasteiger partial charge in [0.1, 0.15) is 6.61 Å². The van der Waals surface area contributed by atoms with Gasteiger partial charge in [-0.05, 0) is 12.1 Å². The van der Waals surface area contributed by atoms with Crippen LogP contribution in [0.25, 0.3) is 6.08 Å². The molecule has 1 aromatic rings. The lowest BCUT2D eigenvalue weighted by molar-refractivity contribution is 0.295. The molecule has 0 bridgehead atoms. The van der Waals surface area contributed by atoms with Gasteiger partial charge >= 0.3 is 0 Å². The van der Waals surface area contributed by atoms with Crippen LogP contribution in [-0.4, -0.2) is 6.61 Å². The van der Waals surface area contributed by atoms with Gasteiger partial charge in [-0.2, -0.15) is 0 Å². The van der Waals surface area contributed by atoms with Crippen LogP contribution in [0.15, 0.2) is 24.3 Å². The van der Waals surface area contributed by atoms with E-state index in [4.69, 9.17) is 4.74 Å². The molecule has 2 heteroatoms. The van der Waals surface area contributed by atoms with Crippen molar-refractivity contribution in [2.24, 2.45) is 0 Å². The van der Waals surface area contributed by atoms with Crippen LogP contribution < -0.4 is 4.74 Å². The van der Waals surface area contributed by atoms with E-state index in [1.807, 2.05) is 18.2 Å². The van der Waals surface area contributed by atoms with Crippen LogP contribution in [0, 0.1) is 0 Å². The van der Waals surface area contributed by atoms with Crippen LogP contribution in [0.2, 0.25) is 0 Å². The molecule has 0 saturated heterocycles. The minimum atomic E-state index is -0.0353. The number of hydrogen-bond donors (Lipinski definition) is 0. The Morgan fingerprint density at radius 3 is 3.09 bits per heavy atom. The number of ether oxygens (including phenoxy) is 1. The lowest BCUT2D eigenvalue weighted by Crippen LogP contribution is -1.99. The Balaban J connectivity index is 2.60. The molecule has 0 N–H and O–H groups in total. The molecule has 2 rings (SSSR count). The minimum absolute atomic E-state index is 0.0353. The van der Waals surface area contributed by atoms with Gasteiger partial charge in [-0.25, -0.2) is 0 Å². The molecule has 0 aliphatic carbocycles. The summed E-state index contributed by atoms with van der Waals surface area (Å²) in [7, 11) is 0. The molecule has 0 atom stereocenters. The fourth-order valence-corrected chi connectivity index (χ4v) is 1.13. The van der Waals surface area contributed by atoms with E-state index in [-0.39, 0.29) is 5.75 Å². The second-order valence-electron chi connectivity index (χ2n) is 2.39. The summed E-state index contributed by atoms with van der Waals surface area (Å²) >= 11 is 0. The van der Waals surface area contributed by atoms with Crippen molar-refractivity contribution >= 4 is 6.08 Å². The van der Waals surface area contributed by atoms with E-state index in [9.17, 15) is 5.11 Å². The van der Waals surface area contributed by atoms with Gasteiger partial charge in [-0.3, -0.25) is 5.11 Å². The van der Waals surface area contributed by atoms with Gasteiger partial charge in [0.2, 0.25) is 5.75 Å². The Hall–Kier alpha value is -1.44. The molecule has 2 nitrogen and oxygen atoms in total. The quantitative estimate of drug-likeness (QED) is 0.553. The maximum Gasteiger partial charge on any atom is 0.221 e. The second-order valence-corrected chi connectivity index (χ2v) is 2.39. The number of hydrogen-bond acceptors (Lipinski definition) is 1. The molecule has 0 fully saturated rings. The van der Waals surface area contributed by atoms with Crippen molar-refractivity contribution in [2.75, 3.05) is 6.61 Å². The van der Waals surface area contributed by atoms with Crippen molar-refractivity contribution in [3.05, 3.63) is 29.8 Å². The summed E-state index contributed by atoms with van der Waals surface area (Å²) in [6, 6.07) is 5.12. The summed E-state index contributed by atoms with van der Waals surface area (Å²) < 4.78 is 5.15. The third kappa shape index (κ3) is 0.963. The van der Waals surface area contributed by atoms with Crippen LogP contribution in [0.5, 0.6) is 11.5 Å². The van der Waals surface area contributed by atoms with E-state index >= 15 is 0 Å². The lowest BCUT2D eigenvalue weighted by Gasteiger charge is -2.11. The molecular formula is C9H7O2. The zero-order valence-corrected chi connectivity index (χ0v) is 5.91. The van der Waals surface area contributed by atoms with E-state index in [2.05, 4.69) is 0 Å². The molecule has 1 aliphatic heterocycles. The molecule has 0 saturated carbocycles. The first-order valence-electron chi connectivity index (χ1n) is 3.47. The topological polar surface area (TPSA) is 29.1 Å². The number of fused-ring (bicyclic) bond motifs is 1. The third-order valence-corrected chi connectivity index (χ3v) is 1.63. The van der Waals surface area contributed by atoms with E-state index in [1.54, 1.807) is 6.07 Å². The number of para-hydroxylation sites is 1. The summed E-state index contributed by atoms with van der Waals surface area (Å²) in [5.74, 6) is 0.446. The summed E-state index contributed by atoms with van der Waals surface area (Å²) in [6.45, 7) is 0.506. The summed E-state index contributed by atoms with van der Waals surface area (Å²) in [5, 5.41) is 11.1. The zero-order valence-electron chi connectivity index (χ0n) is 5.91. The molecule has 0 amide bonds. The minimum Gasteiger partial charge on any atom is -0.485 e. The average molecular weight is 147 g/mol. The Bertz CT molecular complexity index is 302. The van der Waals surface area contributed by atoms with Gasteiger partial charge < -0.3 is 4.74 Å². The molecular weight excluding hydrogens is 140 g/mol. The van der Waals surface area contributed by atoms with Crippen molar-refractivity contribution in [1.82, 2.24) is 0 Å². The Morgan fingerprint density at radius 2 is 2.27 bits per heavy atom. The fraction of sp³-hybridized carbons (Fsp3) is 0.111. The molecule has 55 valence electrons. The van der Waals surface area contributed by atoms with E-state index in [1.165, 1.54) is 6.07 Å². The highest BCUT2D eigenvalue weighted by atomic mass is 16.5. The van der Waals surface area contributed by atoms with Crippen molar-refractivity contribution in [3.63, 3.8) is 0 Å². The van der Waals surface area contributed by atoms with Crippen LogP contribution >= 0.6 is 0 Å². The molecule has 0 spiro atoms. The van der Waals surface area contributed by atoms with Crippen molar-refractivity contribution < 1.29 is 9.84 Å². The smallest absolute Gasteiger partial charge is 0.221 e. The molecule has 11 heavy (non-hydrogen) atoms. The van der Waals surface area contributed by atoms with Crippen LogP contribution in [0.1, 0.15) is 5.56 Å². The molecule has 1 aromatic carbocycles. The molecule has 1 radical (unpaired) electrons. The summed E-state index contributed by atoms with van der Waals surface area (Å²) in [4.78, 5) is 0. The summed E-state index contributed by atoms with van der Waals surface area (Å²) in [6.07, 6.45) is 3.79. The van der Waals surface area contributed by atoms with E-state index in [0.717, 1.165) is 5.56 Å². The van der Waals surface area contributed by atoms with Crippen LogP contribution in [-0.2, 0) is 5.11 Å². The first-order valence-corrected chi connectivity index (χ1v) is 3.47. The van der Waals surface area contributed by atoms with Gasteiger partial charge in [-0.15, -0.1) is 0 Å². The fourth-order valence-electron chi connectivity index (χ4n) is 1.13. The molecule has 1 aliphatic rings. The standard InChI is InChI=1S/C9H7O2/c10-8-5-1-3-7-4-2-6-11-9(7)8/h1-5H,6H2. The average Bonchev–Trinajstić information content (AvgIpc) is 2.06. The number of benzene rings is 1. The normalized spacial score (nSPS) is 13.8. The Labute approximate surface area is 64.7 Å². The Morgan fingerprint density at radius 1 is 1.36 bits per heavy atom. The molecule has 1 heterocycles. The van der Waals surface area contributed by atoms with Gasteiger partial charge in [0.15, 0.2) is 5.75 Å². The van der Waals surface area contributed by atoms with Crippen molar-refractivity contribution in [2.45, 2.75) is 0 Å². The predicted octanol–water partition coefficient (Wildman–Crippen LogP) is 2.24. The monoisotopic (exact) mass is 147 g/mol. The predicted molar refractivity (Wildman–Crippen MR) is 41.1 cm³/mol. The summed E-state index contributed by atoms with van der Waals surface area (Å²) in [5.41, 5.74) is 0.878. The van der Waals surface area contributed by atoms with Gasteiger partial charge in [0, 0.05) is 5.56 Å². The highest BCUT2D eigenvalue weighted by molar-refractivity contribution is 5.63. The molecule has 0 unspecified atom stereocenters. The lowest BCUT2D eigenvalue weighted by atomic mass is 10.1. The highest BCUT2D eigenvalue weighted by Gasteiger charge is 2.10. The van der Waals surface area contributed by atoms with E-state index < -0.39 is 0 Å². The largest absolute Gasteiger partial charge is 0.485 e. The third-order valence-electron chi connectivity index (χ3n) is 1.63. The first-order chi connectivity index (χ1) is 5.38. The maximum atomic E-state index is 11.1. The highest BCUT2D eigenvalue weighted by Crippen LogP contribution is 2.33. The number of rotatable bonds is 0. The van der Waals surface area contributed by atoms with Crippen molar-refractivity contribution in [1.29, 1.82) is 0 Å².